The van der Waals surface area contributed by atoms with E-state index in [9.17, 15) is 0 Å². The third kappa shape index (κ3) is 1.92. The molecule has 0 aliphatic rings. The Labute approximate surface area is 115 Å². The predicted molar refractivity (Wildman–Crippen MR) is 73.1 cm³/mol. The lowest BCUT2D eigenvalue weighted by molar-refractivity contribution is 0.701. The Morgan fingerprint density at radius 1 is 1.32 bits per heavy atom. The first-order valence-electron chi connectivity index (χ1n) is 6.02. The van der Waals surface area contributed by atoms with Gasteiger partial charge in [0.1, 0.15) is 11.3 Å². The van der Waals surface area contributed by atoms with Crippen LogP contribution in [0.3, 0.4) is 0 Å². The Morgan fingerprint density at radius 3 is 2.74 bits per heavy atom. The van der Waals surface area contributed by atoms with E-state index >= 15 is 0 Å². The average molecular weight is 279 g/mol. The number of alkyl halides is 1. The van der Waals surface area contributed by atoms with E-state index in [1.54, 1.807) is 4.68 Å². The van der Waals surface area contributed by atoms with Gasteiger partial charge in [-0.05, 0) is 6.92 Å². The molecule has 100 valence electrons. The molecule has 0 amide bonds. The van der Waals surface area contributed by atoms with Gasteiger partial charge in [-0.2, -0.15) is 10.2 Å². The van der Waals surface area contributed by atoms with Crippen molar-refractivity contribution in [2.75, 3.05) is 0 Å². The highest BCUT2D eigenvalue weighted by Crippen LogP contribution is 2.21. The van der Waals surface area contributed by atoms with E-state index in [1.807, 2.05) is 38.1 Å². The molecule has 0 unspecified atom stereocenters. The monoisotopic (exact) mass is 278 g/mol. The highest BCUT2D eigenvalue weighted by Gasteiger charge is 2.17. The van der Waals surface area contributed by atoms with E-state index in [1.165, 1.54) is 0 Å². The maximum absolute atomic E-state index is 6.00. The van der Waals surface area contributed by atoms with E-state index < -0.39 is 0 Å². The Morgan fingerprint density at radius 2 is 2.11 bits per heavy atom. The van der Waals surface area contributed by atoms with Gasteiger partial charge in [-0.1, -0.05) is 0 Å². The van der Waals surface area contributed by atoms with Crippen molar-refractivity contribution in [3.05, 3.63) is 29.5 Å². The molecule has 0 N–H and O–H groups in total. The van der Waals surface area contributed by atoms with Crippen LogP contribution in [0, 0.1) is 6.92 Å². The van der Waals surface area contributed by atoms with Crippen molar-refractivity contribution in [2.24, 2.45) is 14.1 Å². The van der Waals surface area contributed by atoms with Gasteiger partial charge in [0.2, 0.25) is 0 Å². The molecule has 3 rings (SSSR count). The molecule has 3 heterocycles. The van der Waals surface area contributed by atoms with Crippen LogP contribution in [0.25, 0.3) is 11.2 Å². The zero-order chi connectivity index (χ0) is 13.6. The van der Waals surface area contributed by atoms with Gasteiger partial charge in [0.15, 0.2) is 5.65 Å². The van der Waals surface area contributed by atoms with Gasteiger partial charge in [-0.25, -0.2) is 4.98 Å². The molecule has 7 heteroatoms. The number of aryl methyl sites for hydroxylation is 3. The van der Waals surface area contributed by atoms with E-state index in [4.69, 9.17) is 11.6 Å². The number of hydrogen-bond donors (Lipinski definition) is 0. The van der Waals surface area contributed by atoms with Gasteiger partial charge in [0.25, 0.3) is 0 Å². The molecule has 0 fully saturated rings. The zero-order valence-electron chi connectivity index (χ0n) is 11.1. The normalized spacial score (nSPS) is 11.6. The van der Waals surface area contributed by atoms with E-state index in [0.717, 1.165) is 28.2 Å². The van der Waals surface area contributed by atoms with Gasteiger partial charge in [-0.3, -0.25) is 9.36 Å². The smallest absolute Gasteiger partial charge is 0.159 e. The maximum Gasteiger partial charge on any atom is 0.159 e. The average Bonchev–Trinajstić information content (AvgIpc) is 3.00. The lowest BCUT2D eigenvalue weighted by Crippen LogP contribution is -2.07. The number of halogens is 1. The Hall–Kier alpha value is -1.82. The lowest BCUT2D eigenvalue weighted by Gasteiger charge is -2.06. The fraction of sp³-hybridized carbons (Fsp3) is 0.417. The van der Waals surface area contributed by atoms with Crippen molar-refractivity contribution >= 4 is 22.8 Å². The summed E-state index contributed by atoms with van der Waals surface area (Å²) in [6.45, 7) is 2.66. The number of aromatic nitrogens is 6. The minimum absolute atomic E-state index is 0.383. The highest BCUT2D eigenvalue weighted by molar-refractivity contribution is 6.16. The van der Waals surface area contributed by atoms with Crippen molar-refractivity contribution in [3.8, 4) is 0 Å². The minimum Gasteiger partial charge on any atom is -0.307 e. The zero-order valence-corrected chi connectivity index (χ0v) is 11.9. The van der Waals surface area contributed by atoms with Crippen LogP contribution in [0.4, 0.5) is 0 Å². The summed E-state index contributed by atoms with van der Waals surface area (Å²) >= 11 is 6.00. The Balaban J connectivity index is 2.15. The molecule has 6 nitrogen and oxygen atoms in total. The first-order chi connectivity index (χ1) is 9.10. The van der Waals surface area contributed by atoms with Crippen LogP contribution in [0.2, 0.25) is 0 Å². The Kier molecular flexibility index (Phi) is 2.82. The fourth-order valence-corrected chi connectivity index (χ4v) is 2.59. The van der Waals surface area contributed by atoms with Crippen LogP contribution in [0.15, 0.2) is 12.4 Å². The molecule has 0 saturated carbocycles. The molecule has 0 aliphatic carbocycles. The van der Waals surface area contributed by atoms with Gasteiger partial charge >= 0.3 is 0 Å². The molecule has 0 spiro atoms. The van der Waals surface area contributed by atoms with Crippen LogP contribution < -0.4 is 0 Å². The molecule has 0 atom stereocenters. The van der Waals surface area contributed by atoms with Crippen LogP contribution in [0.5, 0.6) is 0 Å². The van der Waals surface area contributed by atoms with Crippen LogP contribution in [-0.2, 0) is 26.5 Å². The maximum atomic E-state index is 6.00. The molecule has 0 aliphatic heterocycles. The Bertz CT molecular complexity index is 735. The van der Waals surface area contributed by atoms with Gasteiger partial charge in [-0.15, -0.1) is 11.6 Å². The van der Waals surface area contributed by atoms with Gasteiger partial charge in [0.05, 0.1) is 24.3 Å². The third-order valence-corrected chi connectivity index (χ3v) is 3.43. The quantitative estimate of drug-likeness (QED) is 0.684. The van der Waals surface area contributed by atoms with E-state index in [0.29, 0.717) is 12.4 Å². The standard InChI is InChI=1S/C12H15ClN6/c1-8-11-12(18(3)16-8)19(10(4-13)15-11)7-9-5-14-17(2)6-9/h5-6H,4,7H2,1-3H3. The minimum atomic E-state index is 0.383. The molecular formula is C12H15ClN6. The summed E-state index contributed by atoms with van der Waals surface area (Å²) in [6, 6.07) is 0. The summed E-state index contributed by atoms with van der Waals surface area (Å²) in [5.41, 5.74) is 3.96. The SMILES string of the molecule is Cc1nn(C)c2c1nc(CCl)n2Cc1cnn(C)c1. The summed E-state index contributed by atoms with van der Waals surface area (Å²) in [6.07, 6.45) is 3.85. The van der Waals surface area contributed by atoms with E-state index in [2.05, 4.69) is 19.7 Å². The van der Waals surface area contributed by atoms with Crippen molar-refractivity contribution in [1.82, 2.24) is 29.1 Å². The summed E-state index contributed by atoms with van der Waals surface area (Å²) in [7, 11) is 3.83. The molecular weight excluding hydrogens is 264 g/mol. The fourth-order valence-electron chi connectivity index (χ4n) is 2.38. The molecule has 3 aromatic heterocycles. The molecule has 0 saturated heterocycles. The van der Waals surface area contributed by atoms with Gasteiger partial charge in [0, 0.05) is 25.9 Å². The predicted octanol–water partition coefficient (Wildman–Crippen LogP) is 1.60. The second-order valence-electron chi connectivity index (χ2n) is 4.65. The summed E-state index contributed by atoms with van der Waals surface area (Å²) in [5.74, 6) is 1.24. The third-order valence-electron chi connectivity index (χ3n) is 3.19. The molecule has 19 heavy (non-hydrogen) atoms. The second kappa shape index (κ2) is 4.38. The summed E-state index contributed by atoms with van der Waals surface area (Å²) in [5, 5.41) is 8.59. The highest BCUT2D eigenvalue weighted by atomic mass is 35.5. The van der Waals surface area contributed by atoms with Crippen molar-refractivity contribution in [1.29, 1.82) is 0 Å². The topological polar surface area (TPSA) is 53.5 Å². The molecule has 0 bridgehead atoms. The van der Waals surface area contributed by atoms with Crippen LogP contribution in [-0.4, -0.2) is 29.1 Å². The van der Waals surface area contributed by atoms with E-state index in [-0.39, 0.29) is 0 Å². The number of hydrogen-bond acceptors (Lipinski definition) is 3. The number of imidazole rings is 1. The summed E-state index contributed by atoms with van der Waals surface area (Å²) in [4.78, 5) is 4.57. The number of nitrogens with zero attached hydrogens (tertiary/aromatic N) is 6. The molecule has 0 radical (unpaired) electrons. The van der Waals surface area contributed by atoms with Crippen molar-refractivity contribution < 1.29 is 0 Å². The van der Waals surface area contributed by atoms with Crippen LogP contribution in [0.1, 0.15) is 17.1 Å². The largest absolute Gasteiger partial charge is 0.307 e. The van der Waals surface area contributed by atoms with Crippen molar-refractivity contribution in [2.45, 2.75) is 19.3 Å². The van der Waals surface area contributed by atoms with Crippen LogP contribution >= 0.6 is 11.6 Å². The number of rotatable bonds is 3. The summed E-state index contributed by atoms with van der Waals surface area (Å²) < 4.78 is 5.74. The number of fused-ring (bicyclic) bond motifs is 1. The molecule has 3 aromatic rings. The molecule has 0 aromatic carbocycles. The first kappa shape index (κ1) is 12.2. The van der Waals surface area contributed by atoms with Gasteiger partial charge < -0.3 is 4.57 Å². The van der Waals surface area contributed by atoms with Crippen molar-refractivity contribution in [3.63, 3.8) is 0 Å². The lowest BCUT2D eigenvalue weighted by atomic mass is 10.3. The first-order valence-corrected chi connectivity index (χ1v) is 6.55. The second-order valence-corrected chi connectivity index (χ2v) is 4.92.